The van der Waals surface area contributed by atoms with Crippen LogP contribution in [0.2, 0.25) is 0 Å². The Morgan fingerprint density at radius 3 is 0.819 bits per heavy atom. The van der Waals surface area contributed by atoms with Crippen LogP contribution in [0.1, 0.15) is 324 Å². The molecule has 0 saturated heterocycles. The Labute approximate surface area is 505 Å². The highest BCUT2D eigenvalue weighted by Crippen LogP contribution is 2.45. The Morgan fingerprint density at radius 1 is 0.325 bits per heavy atom. The van der Waals surface area contributed by atoms with E-state index in [1.807, 2.05) is 0 Å². The van der Waals surface area contributed by atoms with Crippen molar-refractivity contribution >= 4 is 39.5 Å². The van der Waals surface area contributed by atoms with E-state index in [-0.39, 0.29) is 25.7 Å². The van der Waals surface area contributed by atoms with Crippen molar-refractivity contribution in [2.24, 2.45) is 5.92 Å². The molecule has 0 aliphatic carbocycles. The lowest BCUT2D eigenvalue weighted by Gasteiger charge is -2.21. The maximum atomic E-state index is 13.0. The first-order chi connectivity index (χ1) is 40.0. The molecular weight excluding hydrogens is 1100 g/mol. The highest BCUT2D eigenvalue weighted by Gasteiger charge is 2.30. The van der Waals surface area contributed by atoms with Gasteiger partial charge in [0, 0.05) is 25.7 Å². The molecule has 19 heteroatoms. The van der Waals surface area contributed by atoms with Crippen molar-refractivity contribution in [3.63, 3.8) is 0 Å². The van der Waals surface area contributed by atoms with Crippen LogP contribution in [-0.4, -0.2) is 96.7 Å². The third-order valence-electron chi connectivity index (χ3n) is 14.8. The number of phosphoric ester groups is 2. The summed E-state index contributed by atoms with van der Waals surface area (Å²) in [5.41, 5.74) is 0. The van der Waals surface area contributed by atoms with Gasteiger partial charge in [-0.3, -0.25) is 37.3 Å². The molecular formula is C64H124O17P2. The maximum absolute atomic E-state index is 13.0. The summed E-state index contributed by atoms with van der Waals surface area (Å²) in [5, 5.41) is 10.5. The number of carbonyl (C=O) groups is 4. The Kier molecular flexibility index (Phi) is 56.4. The number of ether oxygens (including phenoxy) is 4. The second-order valence-corrected chi connectivity index (χ2v) is 26.5. The van der Waals surface area contributed by atoms with Crippen LogP contribution in [0.4, 0.5) is 0 Å². The topological polar surface area (TPSA) is 237 Å². The summed E-state index contributed by atoms with van der Waals surface area (Å²) in [6.07, 6.45) is 41.6. The largest absolute Gasteiger partial charge is 0.472 e. The van der Waals surface area contributed by atoms with E-state index in [0.29, 0.717) is 25.7 Å². The number of aliphatic hydroxyl groups excluding tert-OH is 1. The van der Waals surface area contributed by atoms with E-state index in [1.165, 1.54) is 148 Å². The molecule has 0 rings (SSSR count). The van der Waals surface area contributed by atoms with Crippen LogP contribution >= 0.6 is 15.6 Å². The van der Waals surface area contributed by atoms with Crippen molar-refractivity contribution < 1.29 is 80.2 Å². The van der Waals surface area contributed by atoms with Crippen LogP contribution in [0.15, 0.2) is 0 Å². The van der Waals surface area contributed by atoms with Crippen LogP contribution in [-0.2, 0) is 65.4 Å². The smallest absolute Gasteiger partial charge is 0.462 e. The predicted molar refractivity (Wildman–Crippen MR) is 331 cm³/mol. The van der Waals surface area contributed by atoms with E-state index in [0.717, 1.165) is 95.8 Å². The van der Waals surface area contributed by atoms with Crippen molar-refractivity contribution in [2.45, 2.75) is 342 Å². The predicted octanol–water partition coefficient (Wildman–Crippen LogP) is 17.8. The fraction of sp³-hybridized carbons (Fsp3) is 0.938. The van der Waals surface area contributed by atoms with Gasteiger partial charge in [0.05, 0.1) is 26.4 Å². The first-order valence-corrected chi connectivity index (χ1v) is 36.6. The molecule has 0 aromatic heterocycles. The van der Waals surface area contributed by atoms with Gasteiger partial charge >= 0.3 is 39.5 Å². The zero-order valence-electron chi connectivity index (χ0n) is 53.3. The van der Waals surface area contributed by atoms with Gasteiger partial charge in [-0.25, -0.2) is 9.13 Å². The summed E-state index contributed by atoms with van der Waals surface area (Å²) >= 11 is 0. The minimum atomic E-state index is -4.94. The molecule has 0 bridgehead atoms. The van der Waals surface area contributed by atoms with Gasteiger partial charge in [0.15, 0.2) is 12.2 Å². The lowest BCUT2D eigenvalue weighted by molar-refractivity contribution is -0.161. The Morgan fingerprint density at radius 2 is 0.554 bits per heavy atom. The Balaban J connectivity index is 5.24. The average molecular weight is 1230 g/mol. The van der Waals surface area contributed by atoms with E-state index in [2.05, 4.69) is 34.6 Å². The molecule has 2 unspecified atom stereocenters. The third-order valence-corrected chi connectivity index (χ3v) is 16.7. The summed E-state index contributed by atoms with van der Waals surface area (Å²) in [7, 11) is -9.88. The second kappa shape index (κ2) is 57.8. The standard InChI is InChI=1S/C64H124O17P2/c1-6-9-12-15-18-21-24-25-28-35-40-45-50-64(69)81-60(54-75-62(67)48-43-38-33-30-29-31-36-41-46-57(4)5)56-79-83(72,73)77-52-58(65)51-76-82(70,71)78-55-59(80-63(68)49-44-39-34-27-23-20-17-14-11-8-3)53-74-61(66)47-42-37-32-26-22-19-16-13-10-7-2/h57-60,65H,6-56H2,1-5H3,(H,70,71)(H,72,73)/t58-,59+,60+/m0/s1. The molecule has 0 aliphatic heterocycles. The van der Waals surface area contributed by atoms with Crippen LogP contribution in [0, 0.1) is 5.92 Å². The van der Waals surface area contributed by atoms with Crippen molar-refractivity contribution in [1.82, 2.24) is 0 Å². The zero-order chi connectivity index (χ0) is 61.3. The monoisotopic (exact) mass is 1230 g/mol. The SMILES string of the molecule is CCCCCCCCCCCCCCC(=O)O[C@H](COC(=O)CCCCCCCCCCC(C)C)COP(=O)(O)OC[C@@H](O)COP(=O)(O)OC[C@@H](COC(=O)CCCCCCCCCCCC)OC(=O)CCCCCCCCCCCC. The minimum absolute atomic E-state index is 0.107. The second-order valence-electron chi connectivity index (χ2n) is 23.6. The molecule has 5 atom stereocenters. The van der Waals surface area contributed by atoms with Gasteiger partial charge in [0.2, 0.25) is 0 Å². The number of hydrogen-bond acceptors (Lipinski definition) is 15. The van der Waals surface area contributed by atoms with Gasteiger partial charge in [0.25, 0.3) is 0 Å². The maximum Gasteiger partial charge on any atom is 0.472 e. The van der Waals surface area contributed by atoms with Crippen LogP contribution in [0.5, 0.6) is 0 Å². The van der Waals surface area contributed by atoms with Gasteiger partial charge in [-0.2, -0.15) is 0 Å². The fourth-order valence-corrected chi connectivity index (χ4v) is 11.2. The van der Waals surface area contributed by atoms with E-state index < -0.39 is 97.5 Å². The molecule has 17 nitrogen and oxygen atoms in total. The van der Waals surface area contributed by atoms with Crippen molar-refractivity contribution in [3.05, 3.63) is 0 Å². The quantitative estimate of drug-likeness (QED) is 0.0222. The molecule has 0 heterocycles. The van der Waals surface area contributed by atoms with Gasteiger partial charge in [-0.15, -0.1) is 0 Å². The molecule has 0 saturated carbocycles. The average Bonchev–Trinajstić information content (AvgIpc) is 3.45. The first kappa shape index (κ1) is 81.1. The first-order valence-electron chi connectivity index (χ1n) is 33.6. The molecule has 83 heavy (non-hydrogen) atoms. The van der Waals surface area contributed by atoms with Crippen LogP contribution in [0.3, 0.4) is 0 Å². The summed E-state index contributed by atoms with van der Waals surface area (Å²) in [4.78, 5) is 72.2. The summed E-state index contributed by atoms with van der Waals surface area (Å²) in [6.45, 7) is 7.15. The van der Waals surface area contributed by atoms with Crippen LogP contribution in [0.25, 0.3) is 0 Å². The molecule has 0 amide bonds. The van der Waals surface area contributed by atoms with E-state index >= 15 is 0 Å². The molecule has 492 valence electrons. The number of rotatable bonds is 64. The van der Waals surface area contributed by atoms with Crippen molar-refractivity contribution in [3.8, 4) is 0 Å². The fourth-order valence-electron chi connectivity index (χ4n) is 9.58. The van der Waals surface area contributed by atoms with E-state index in [9.17, 15) is 43.2 Å². The number of aliphatic hydroxyl groups is 1. The highest BCUT2D eigenvalue weighted by molar-refractivity contribution is 7.47. The van der Waals surface area contributed by atoms with E-state index in [4.69, 9.17) is 37.0 Å². The highest BCUT2D eigenvalue weighted by atomic mass is 31.2. The molecule has 3 N–H and O–H groups in total. The van der Waals surface area contributed by atoms with Crippen molar-refractivity contribution in [1.29, 1.82) is 0 Å². The van der Waals surface area contributed by atoms with Gasteiger partial charge in [-0.1, -0.05) is 272 Å². The van der Waals surface area contributed by atoms with Gasteiger partial charge < -0.3 is 33.8 Å². The minimum Gasteiger partial charge on any atom is -0.462 e. The van der Waals surface area contributed by atoms with Crippen LogP contribution < -0.4 is 0 Å². The molecule has 0 spiro atoms. The van der Waals surface area contributed by atoms with E-state index in [1.54, 1.807) is 0 Å². The number of hydrogen-bond donors (Lipinski definition) is 3. The number of phosphoric acid groups is 2. The Hall–Kier alpha value is -1.94. The van der Waals surface area contributed by atoms with Crippen molar-refractivity contribution in [2.75, 3.05) is 39.6 Å². The number of unbranched alkanes of at least 4 members (excludes halogenated alkanes) is 36. The molecule has 0 aliphatic rings. The molecule has 0 radical (unpaired) electrons. The zero-order valence-corrected chi connectivity index (χ0v) is 55.1. The molecule has 0 aromatic carbocycles. The number of carbonyl (C=O) groups excluding carboxylic acids is 4. The summed E-state index contributed by atoms with van der Waals surface area (Å²) in [5.74, 6) is -1.40. The summed E-state index contributed by atoms with van der Waals surface area (Å²) in [6, 6.07) is 0. The lowest BCUT2D eigenvalue weighted by Crippen LogP contribution is -2.30. The van der Waals surface area contributed by atoms with Gasteiger partial charge in [-0.05, 0) is 31.6 Å². The lowest BCUT2D eigenvalue weighted by atomic mass is 10.0. The molecule has 0 fully saturated rings. The normalized spacial score (nSPS) is 14.2. The number of esters is 4. The molecule has 0 aromatic rings. The Bertz CT molecular complexity index is 1620. The third kappa shape index (κ3) is 58.8. The van der Waals surface area contributed by atoms with Gasteiger partial charge in [0.1, 0.15) is 19.3 Å². The summed E-state index contributed by atoms with van der Waals surface area (Å²) < 4.78 is 68.0.